The summed E-state index contributed by atoms with van der Waals surface area (Å²) in [6.07, 6.45) is -4.68. The summed E-state index contributed by atoms with van der Waals surface area (Å²) in [6.45, 7) is 0. The van der Waals surface area contributed by atoms with E-state index >= 15 is 0 Å². The van der Waals surface area contributed by atoms with Gasteiger partial charge in [-0.05, 0) is 12.1 Å². The predicted octanol–water partition coefficient (Wildman–Crippen LogP) is 2.38. The largest absolute Gasteiger partial charge is 0.417 e. The average molecular weight is 290 g/mol. The van der Waals surface area contributed by atoms with E-state index in [4.69, 9.17) is 0 Å². The summed E-state index contributed by atoms with van der Waals surface area (Å²) in [7, 11) is -1.71. The quantitative estimate of drug-likeness (QED) is 0.838. The molecule has 0 unspecified atom stereocenters. The Morgan fingerprint density at radius 1 is 1.12 bits per heavy atom. The molecule has 0 aromatic heterocycles. The number of nitrogens with zero attached hydrogens (tertiary/aromatic N) is 1. The van der Waals surface area contributed by atoms with Crippen LogP contribution in [-0.2, 0) is 16.2 Å². The monoisotopic (exact) mass is 289 g/mol. The highest BCUT2D eigenvalue weighted by molar-refractivity contribution is 7.89. The minimum absolute atomic E-state index is 0. The normalized spacial score (nSPS) is 12.4. The van der Waals surface area contributed by atoms with Crippen molar-refractivity contribution >= 4 is 22.4 Å². The molecular formula is C9H11ClF3NO2S. The van der Waals surface area contributed by atoms with E-state index in [0.29, 0.717) is 0 Å². The van der Waals surface area contributed by atoms with Gasteiger partial charge in [-0.15, -0.1) is 12.4 Å². The van der Waals surface area contributed by atoms with Crippen molar-refractivity contribution in [2.45, 2.75) is 11.1 Å². The molecule has 0 aliphatic rings. The molecule has 0 fully saturated rings. The van der Waals surface area contributed by atoms with Crippen molar-refractivity contribution in [1.82, 2.24) is 4.31 Å². The lowest BCUT2D eigenvalue weighted by atomic mass is 10.2. The van der Waals surface area contributed by atoms with E-state index in [1.807, 2.05) is 0 Å². The molecule has 0 spiro atoms. The molecule has 0 radical (unpaired) electrons. The van der Waals surface area contributed by atoms with Gasteiger partial charge < -0.3 is 0 Å². The third-order valence-corrected chi connectivity index (χ3v) is 3.82. The topological polar surface area (TPSA) is 37.4 Å². The Morgan fingerprint density at radius 2 is 1.59 bits per heavy atom. The van der Waals surface area contributed by atoms with Gasteiger partial charge in [-0.1, -0.05) is 12.1 Å². The number of rotatable bonds is 2. The molecule has 3 nitrogen and oxygen atoms in total. The molecule has 17 heavy (non-hydrogen) atoms. The van der Waals surface area contributed by atoms with Crippen LogP contribution in [0.2, 0.25) is 0 Å². The highest BCUT2D eigenvalue weighted by Gasteiger charge is 2.37. The van der Waals surface area contributed by atoms with Gasteiger partial charge in [-0.3, -0.25) is 0 Å². The minimum atomic E-state index is -4.68. The number of sulfonamides is 1. The van der Waals surface area contributed by atoms with Crippen molar-refractivity contribution in [2.24, 2.45) is 0 Å². The van der Waals surface area contributed by atoms with Gasteiger partial charge in [0.1, 0.15) is 0 Å². The van der Waals surface area contributed by atoms with Crippen molar-refractivity contribution in [2.75, 3.05) is 14.1 Å². The van der Waals surface area contributed by atoms with Crippen LogP contribution >= 0.6 is 12.4 Å². The van der Waals surface area contributed by atoms with Crippen LogP contribution in [0, 0.1) is 0 Å². The summed E-state index contributed by atoms with van der Waals surface area (Å²) in [5.74, 6) is 0. The molecule has 0 atom stereocenters. The zero-order valence-electron chi connectivity index (χ0n) is 9.02. The van der Waals surface area contributed by atoms with Crippen LogP contribution in [0.15, 0.2) is 29.2 Å². The smallest absolute Gasteiger partial charge is 0.207 e. The molecule has 1 aromatic carbocycles. The molecule has 0 saturated heterocycles. The van der Waals surface area contributed by atoms with Gasteiger partial charge in [0, 0.05) is 14.1 Å². The zero-order chi connectivity index (χ0) is 12.6. The van der Waals surface area contributed by atoms with E-state index in [9.17, 15) is 21.6 Å². The van der Waals surface area contributed by atoms with Crippen LogP contribution in [0.1, 0.15) is 5.56 Å². The average Bonchev–Trinajstić information content (AvgIpc) is 2.16. The van der Waals surface area contributed by atoms with E-state index < -0.39 is 26.7 Å². The lowest BCUT2D eigenvalue weighted by Gasteiger charge is -2.16. The summed E-state index contributed by atoms with van der Waals surface area (Å²) in [5, 5.41) is 0. The Kier molecular flexibility index (Phi) is 5.00. The molecule has 0 aliphatic carbocycles. The van der Waals surface area contributed by atoms with Gasteiger partial charge in [0.2, 0.25) is 10.0 Å². The highest BCUT2D eigenvalue weighted by Crippen LogP contribution is 2.34. The first kappa shape index (κ1) is 16.2. The van der Waals surface area contributed by atoms with Crippen LogP contribution in [0.25, 0.3) is 0 Å². The van der Waals surface area contributed by atoms with Crippen molar-refractivity contribution in [3.8, 4) is 0 Å². The summed E-state index contributed by atoms with van der Waals surface area (Å²) < 4.78 is 61.7. The fourth-order valence-electron chi connectivity index (χ4n) is 1.12. The number of benzene rings is 1. The minimum Gasteiger partial charge on any atom is -0.207 e. The Labute approximate surface area is 104 Å². The first-order chi connectivity index (χ1) is 7.17. The Hall–Kier alpha value is -0.790. The van der Waals surface area contributed by atoms with Crippen LogP contribution in [0.3, 0.4) is 0 Å². The number of hydrogen-bond donors (Lipinski definition) is 0. The molecule has 0 amide bonds. The number of halogens is 4. The maximum absolute atomic E-state index is 12.6. The standard InChI is InChI=1S/C9H10F3NO2S.ClH/c1-13(2)16(14,15)8-6-4-3-5-7(8)9(10,11)12;/h3-6H,1-2H3;1H. The second kappa shape index (κ2) is 5.24. The van der Waals surface area contributed by atoms with Crippen LogP contribution < -0.4 is 0 Å². The van der Waals surface area contributed by atoms with Gasteiger partial charge in [0.15, 0.2) is 0 Å². The molecule has 0 saturated carbocycles. The lowest BCUT2D eigenvalue weighted by Crippen LogP contribution is -2.25. The summed E-state index contributed by atoms with van der Waals surface area (Å²) in [6, 6.07) is 4.09. The highest BCUT2D eigenvalue weighted by atomic mass is 35.5. The zero-order valence-corrected chi connectivity index (χ0v) is 10.7. The van der Waals surface area contributed by atoms with Crippen molar-refractivity contribution in [1.29, 1.82) is 0 Å². The maximum Gasteiger partial charge on any atom is 0.417 e. The fraction of sp³-hybridized carbons (Fsp3) is 0.333. The van der Waals surface area contributed by atoms with Gasteiger partial charge in [0.05, 0.1) is 10.5 Å². The van der Waals surface area contributed by atoms with Gasteiger partial charge in [0.25, 0.3) is 0 Å². The predicted molar refractivity (Wildman–Crippen MR) is 59.6 cm³/mol. The van der Waals surface area contributed by atoms with Crippen molar-refractivity contribution in [3.63, 3.8) is 0 Å². The summed E-state index contributed by atoms with van der Waals surface area (Å²) >= 11 is 0. The van der Waals surface area contributed by atoms with Gasteiger partial charge >= 0.3 is 6.18 Å². The Balaban J connectivity index is 0.00000256. The fourth-order valence-corrected chi connectivity index (χ4v) is 2.23. The second-order valence-electron chi connectivity index (χ2n) is 3.28. The molecule has 0 N–H and O–H groups in total. The lowest BCUT2D eigenvalue weighted by molar-refractivity contribution is -0.139. The van der Waals surface area contributed by atoms with Gasteiger partial charge in [-0.2, -0.15) is 13.2 Å². The second-order valence-corrected chi connectivity index (χ2v) is 5.40. The molecule has 0 aliphatic heterocycles. The molecule has 0 bridgehead atoms. The van der Waals surface area contributed by atoms with Crippen molar-refractivity contribution in [3.05, 3.63) is 29.8 Å². The van der Waals surface area contributed by atoms with E-state index in [2.05, 4.69) is 0 Å². The van der Waals surface area contributed by atoms with Crippen LogP contribution in [-0.4, -0.2) is 26.8 Å². The van der Waals surface area contributed by atoms with E-state index in [1.54, 1.807) is 0 Å². The summed E-state index contributed by atoms with van der Waals surface area (Å²) in [5.41, 5.74) is -1.15. The third-order valence-electron chi connectivity index (χ3n) is 1.95. The molecule has 98 valence electrons. The molecule has 0 heterocycles. The van der Waals surface area contributed by atoms with Gasteiger partial charge in [-0.25, -0.2) is 12.7 Å². The Morgan fingerprint density at radius 3 is 2.00 bits per heavy atom. The van der Waals surface area contributed by atoms with Crippen LogP contribution in [0.5, 0.6) is 0 Å². The number of hydrogen-bond acceptors (Lipinski definition) is 2. The molecule has 1 rings (SSSR count). The van der Waals surface area contributed by atoms with Crippen LogP contribution in [0.4, 0.5) is 13.2 Å². The first-order valence-electron chi connectivity index (χ1n) is 4.26. The van der Waals surface area contributed by atoms with Crippen molar-refractivity contribution < 1.29 is 21.6 Å². The third kappa shape index (κ3) is 3.34. The number of alkyl halides is 3. The van der Waals surface area contributed by atoms with E-state index in [1.165, 1.54) is 20.2 Å². The molecule has 1 aromatic rings. The Bertz CT molecular complexity index is 485. The summed E-state index contributed by atoms with van der Waals surface area (Å²) in [4.78, 5) is -0.729. The SMILES string of the molecule is CN(C)S(=O)(=O)c1ccccc1C(F)(F)F.Cl. The molecular weight excluding hydrogens is 279 g/mol. The first-order valence-corrected chi connectivity index (χ1v) is 5.70. The maximum atomic E-state index is 12.6. The molecule has 8 heteroatoms. The van der Waals surface area contributed by atoms with E-state index in [-0.39, 0.29) is 12.4 Å². The van der Waals surface area contributed by atoms with E-state index in [0.717, 1.165) is 22.5 Å².